The van der Waals surface area contributed by atoms with Crippen LogP contribution in [0.4, 0.5) is 0 Å². The fourth-order valence-corrected chi connectivity index (χ4v) is 0.416. The van der Waals surface area contributed by atoms with Gasteiger partial charge in [0, 0.05) is 0 Å². The minimum atomic E-state index is -4.82. The molecule has 52 valence electrons. The molecule has 0 aliphatic rings. The van der Waals surface area contributed by atoms with Crippen molar-refractivity contribution in [2.24, 2.45) is 0 Å². The molecule has 0 amide bonds. The Morgan fingerprint density at radius 1 is 1.56 bits per heavy atom. The van der Waals surface area contributed by atoms with Crippen LogP contribution in [0.3, 0.4) is 0 Å². The van der Waals surface area contributed by atoms with Gasteiger partial charge in [-0.15, -0.1) is 0 Å². The standard InChI is InChI=1S/C2H3O6P/c3-1-2(4)8-9(5,6)7/h1H,(H2,5,6,7). The van der Waals surface area contributed by atoms with Crippen molar-refractivity contribution in [2.45, 2.75) is 0 Å². The molecule has 0 aromatic heterocycles. The van der Waals surface area contributed by atoms with E-state index in [1.54, 1.807) is 0 Å². The summed E-state index contributed by atoms with van der Waals surface area (Å²) in [5.74, 6) is -1.58. The summed E-state index contributed by atoms with van der Waals surface area (Å²) in [6.07, 6.45) is -0.334. The first-order valence-electron chi connectivity index (χ1n) is 1.70. The average molecular weight is 154 g/mol. The van der Waals surface area contributed by atoms with Crippen LogP contribution in [0.5, 0.6) is 0 Å². The van der Waals surface area contributed by atoms with Crippen molar-refractivity contribution in [3.63, 3.8) is 0 Å². The van der Waals surface area contributed by atoms with Gasteiger partial charge in [-0.25, -0.2) is 9.36 Å². The van der Waals surface area contributed by atoms with Crippen LogP contribution in [0, 0.1) is 0 Å². The number of carbonyl (C=O) groups excluding carboxylic acids is 2. The van der Waals surface area contributed by atoms with E-state index in [1.807, 2.05) is 0 Å². The molecule has 0 heterocycles. The predicted molar refractivity (Wildman–Crippen MR) is 24.2 cm³/mol. The molecule has 0 aromatic carbocycles. The smallest absolute Gasteiger partial charge is 0.365 e. The van der Waals surface area contributed by atoms with Crippen LogP contribution in [0.2, 0.25) is 0 Å². The third-order valence-corrected chi connectivity index (χ3v) is 0.723. The Kier molecular flexibility index (Phi) is 2.51. The first-order chi connectivity index (χ1) is 3.95. The van der Waals surface area contributed by atoms with Crippen molar-refractivity contribution >= 4 is 20.1 Å². The second kappa shape index (κ2) is 2.72. The Morgan fingerprint density at radius 2 is 2.00 bits per heavy atom. The maximum Gasteiger partial charge on any atom is 0.527 e. The van der Waals surface area contributed by atoms with Gasteiger partial charge in [0.2, 0.25) is 6.29 Å². The monoisotopic (exact) mass is 154 g/mol. The molecule has 0 atom stereocenters. The Labute approximate surface area is 49.7 Å². The van der Waals surface area contributed by atoms with E-state index in [9.17, 15) is 14.2 Å². The quantitative estimate of drug-likeness (QED) is 0.295. The van der Waals surface area contributed by atoms with Gasteiger partial charge < -0.3 is 4.52 Å². The normalized spacial score (nSPS) is 10.4. The molecule has 6 nitrogen and oxygen atoms in total. The van der Waals surface area contributed by atoms with Crippen molar-refractivity contribution in [1.29, 1.82) is 0 Å². The lowest BCUT2D eigenvalue weighted by atomic mass is 10.8. The highest BCUT2D eigenvalue weighted by molar-refractivity contribution is 7.47. The minimum absolute atomic E-state index is 0.334. The summed E-state index contributed by atoms with van der Waals surface area (Å²) < 4.78 is 12.9. The van der Waals surface area contributed by atoms with Gasteiger partial charge in [-0.3, -0.25) is 14.6 Å². The van der Waals surface area contributed by atoms with Gasteiger partial charge in [-0.05, 0) is 0 Å². The van der Waals surface area contributed by atoms with Gasteiger partial charge in [0.25, 0.3) is 0 Å². The number of carbonyl (C=O) groups is 2. The summed E-state index contributed by atoms with van der Waals surface area (Å²) in [6.45, 7) is 0. The zero-order valence-corrected chi connectivity index (χ0v) is 4.95. The van der Waals surface area contributed by atoms with Gasteiger partial charge in [-0.1, -0.05) is 0 Å². The second-order valence-electron chi connectivity index (χ2n) is 1.02. The second-order valence-corrected chi connectivity index (χ2v) is 2.18. The molecule has 0 bridgehead atoms. The number of rotatable bonds is 2. The Balaban J connectivity index is 3.89. The molecule has 0 spiro atoms. The first kappa shape index (κ1) is 8.29. The van der Waals surface area contributed by atoms with E-state index in [1.165, 1.54) is 0 Å². The number of hydrogen-bond donors (Lipinski definition) is 2. The summed E-state index contributed by atoms with van der Waals surface area (Å²) in [5, 5.41) is 0. The lowest BCUT2D eigenvalue weighted by Crippen LogP contribution is -2.02. The average Bonchev–Trinajstić information content (AvgIpc) is 1.62. The molecule has 2 N–H and O–H groups in total. The Morgan fingerprint density at radius 3 is 2.11 bits per heavy atom. The van der Waals surface area contributed by atoms with E-state index in [2.05, 4.69) is 4.52 Å². The molecule has 0 fully saturated rings. The molecule has 9 heavy (non-hydrogen) atoms. The molecule has 0 aromatic rings. The van der Waals surface area contributed by atoms with Crippen LogP contribution in [-0.4, -0.2) is 22.0 Å². The molecule has 0 unspecified atom stereocenters. The zero-order chi connectivity index (χ0) is 7.49. The van der Waals surface area contributed by atoms with Gasteiger partial charge in [0.15, 0.2) is 0 Å². The van der Waals surface area contributed by atoms with E-state index < -0.39 is 13.8 Å². The molecule has 0 aliphatic heterocycles. The van der Waals surface area contributed by atoms with E-state index in [0.717, 1.165) is 0 Å². The van der Waals surface area contributed by atoms with E-state index in [0.29, 0.717) is 0 Å². The molecule has 0 saturated carbocycles. The maximum atomic E-state index is 9.74. The van der Waals surface area contributed by atoms with Gasteiger partial charge in [0.05, 0.1) is 0 Å². The first-order valence-corrected chi connectivity index (χ1v) is 3.23. The van der Waals surface area contributed by atoms with Crippen LogP contribution in [0.1, 0.15) is 0 Å². The van der Waals surface area contributed by atoms with Crippen LogP contribution < -0.4 is 0 Å². The Bertz CT molecular complexity index is 166. The van der Waals surface area contributed by atoms with E-state index in [4.69, 9.17) is 9.79 Å². The van der Waals surface area contributed by atoms with E-state index >= 15 is 0 Å². The largest absolute Gasteiger partial charge is 0.527 e. The van der Waals surface area contributed by atoms with E-state index in [-0.39, 0.29) is 6.29 Å². The van der Waals surface area contributed by atoms with Gasteiger partial charge in [0.1, 0.15) is 0 Å². The third kappa shape index (κ3) is 5.16. The molecule has 0 saturated heterocycles. The highest BCUT2D eigenvalue weighted by Crippen LogP contribution is 2.35. The van der Waals surface area contributed by atoms with Crippen molar-refractivity contribution < 1.29 is 28.5 Å². The molecule has 7 heteroatoms. The lowest BCUT2D eigenvalue weighted by molar-refractivity contribution is -0.142. The topological polar surface area (TPSA) is 101 Å². The minimum Gasteiger partial charge on any atom is -0.365 e. The predicted octanol–water partition coefficient (Wildman–Crippen LogP) is -1.18. The highest BCUT2D eigenvalue weighted by Gasteiger charge is 2.18. The number of phosphoric ester groups is 1. The van der Waals surface area contributed by atoms with Gasteiger partial charge in [-0.2, -0.15) is 0 Å². The Hall–Kier alpha value is -0.710. The lowest BCUT2D eigenvalue weighted by Gasteiger charge is -1.98. The van der Waals surface area contributed by atoms with Crippen molar-refractivity contribution in [3.8, 4) is 0 Å². The maximum absolute atomic E-state index is 9.74. The number of hydrogen-bond acceptors (Lipinski definition) is 4. The van der Waals surface area contributed by atoms with Crippen LogP contribution in [0.15, 0.2) is 0 Å². The van der Waals surface area contributed by atoms with Crippen LogP contribution in [-0.2, 0) is 18.7 Å². The fraction of sp³-hybridized carbons (Fsp3) is 0. The summed E-state index contributed by atoms with van der Waals surface area (Å²) in [4.78, 5) is 34.8. The number of phosphoric acid groups is 1. The molecule has 0 aliphatic carbocycles. The highest BCUT2D eigenvalue weighted by atomic mass is 31.2. The van der Waals surface area contributed by atoms with Crippen LogP contribution >= 0.6 is 7.82 Å². The van der Waals surface area contributed by atoms with Crippen molar-refractivity contribution in [3.05, 3.63) is 0 Å². The molecule has 0 rings (SSSR count). The molecular formula is C2H3O6P. The van der Waals surface area contributed by atoms with Gasteiger partial charge >= 0.3 is 13.8 Å². The summed E-state index contributed by atoms with van der Waals surface area (Å²) in [6, 6.07) is 0. The van der Waals surface area contributed by atoms with Crippen molar-refractivity contribution in [1.82, 2.24) is 0 Å². The van der Waals surface area contributed by atoms with Crippen molar-refractivity contribution in [2.75, 3.05) is 0 Å². The zero-order valence-electron chi connectivity index (χ0n) is 4.05. The summed E-state index contributed by atoms with van der Waals surface area (Å²) in [7, 11) is -4.82. The SMILES string of the molecule is O=CC(=O)OP(=O)(O)O. The van der Waals surface area contributed by atoms with Crippen LogP contribution in [0.25, 0.3) is 0 Å². The summed E-state index contributed by atoms with van der Waals surface area (Å²) >= 11 is 0. The molecular weight excluding hydrogens is 151 g/mol. The fourth-order valence-electron chi connectivity index (χ4n) is 0.139. The molecule has 0 radical (unpaired) electrons. The third-order valence-electron chi connectivity index (χ3n) is 0.305. The number of aldehydes is 1. The summed E-state index contributed by atoms with van der Waals surface area (Å²) in [5.41, 5.74) is 0.